The predicted octanol–water partition coefficient (Wildman–Crippen LogP) is 1.76. The number of carboxylic acids is 1. The van der Waals surface area contributed by atoms with Crippen molar-refractivity contribution in [2.24, 2.45) is 17.8 Å². The molecule has 1 aliphatic carbocycles. The highest BCUT2D eigenvalue weighted by molar-refractivity contribution is 5.85. The molecule has 2 aliphatic rings. The van der Waals surface area contributed by atoms with E-state index in [1.165, 1.54) is 0 Å². The molecule has 0 aromatic rings. The Balaban J connectivity index is 2.00. The van der Waals surface area contributed by atoms with Crippen LogP contribution >= 0.6 is 0 Å². The monoisotopic (exact) mass is 283 g/mol. The number of hydrogen-bond donors (Lipinski definition) is 1. The summed E-state index contributed by atoms with van der Waals surface area (Å²) >= 11 is 0. The highest BCUT2D eigenvalue weighted by atomic mass is 16.5. The van der Waals surface area contributed by atoms with Crippen molar-refractivity contribution in [1.82, 2.24) is 4.90 Å². The first-order chi connectivity index (χ1) is 9.52. The van der Waals surface area contributed by atoms with Crippen LogP contribution < -0.4 is 0 Å². The number of carboxylic acid groups (broad SMARTS) is 1. The largest absolute Gasteiger partial charge is 0.481 e. The van der Waals surface area contributed by atoms with E-state index in [9.17, 15) is 14.7 Å². The van der Waals surface area contributed by atoms with Crippen LogP contribution in [0.15, 0.2) is 0 Å². The number of carbonyl (C=O) groups excluding carboxylic acids is 1. The van der Waals surface area contributed by atoms with Crippen LogP contribution in [0, 0.1) is 17.8 Å². The molecular formula is C15H25NO4. The molecule has 114 valence electrons. The van der Waals surface area contributed by atoms with Crippen LogP contribution in [-0.4, -0.2) is 47.7 Å². The number of rotatable bonds is 4. The maximum atomic E-state index is 12.6. The molecule has 0 aromatic carbocycles. The second-order valence-electron chi connectivity index (χ2n) is 6.13. The standard InChI is InChI=1S/C15H25NO4/c1-3-20-11-5-4-6-16(9-11)14(17)12-7-10(2)8-13(12)15(18)19/h10-13H,3-9H2,1-2H3,(H,18,19)/t10?,11?,12-,13+/m0/s1. The van der Waals surface area contributed by atoms with Gasteiger partial charge in [-0.2, -0.15) is 0 Å². The van der Waals surface area contributed by atoms with Gasteiger partial charge in [-0.3, -0.25) is 9.59 Å². The van der Waals surface area contributed by atoms with E-state index in [0.29, 0.717) is 31.9 Å². The molecular weight excluding hydrogens is 258 g/mol. The molecule has 5 heteroatoms. The van der Waals surface area contributed by atoms with Crippen LogP contribution in [0.3, 0.4) is 0 Å². The summed E-state index contributed by atoms with van der Waals surface area (Å²) in [6, 6.07) is 0. The average molecular weight is 283 g/mol. The van der Waals surface area contributed by atoms with Gasteiger partial charge in [-0.05, 0) is 38.5 Å². The van der Waals surface area contributed by atoms with Crippen molar-refractivity contribution in [3.05, 3.63) is 0 Å². The van der Waals surface area contributed by atoms with Crippen molar-refractivity contribution < 1.29 is 19.4 Å². The van der Waals surface area contributed by atoms with Crippen LogP contribution in [0.5, 0.6) is 0 Å². The minimum Gasteiger partial charge on any atom is -0.481 e. The van der Waals surface area contributed by atoms with Crippen molar-refractivity contribution in [3.63, 3.8) is 0 Å². The molecule has 5 nitrogen and oxygen atoms in total. The Morgan fingerprint density at radius 1 is 1.30 bits per heavy atom. The second kappa shape index (κ2) is 6.57. The smallest absolute Gasteiger partial charge is 0.307 e. The van der Waals surface area contributed by atoms with Crippen LogP contribution in [0.2, 0.25) is 0 Å². The molecule has 1 aliphatic heterocycles. The van der Waals surface area contributed by atoms with Gasteiger partial charge in [0, 0.05) is 19.7 Å². The zero-order valence-electron chi connectivity index (χ0n) is 12.4. The van der Waals surface area contributed by atoms with E-state index >= 15 is 0 Å². The number of hydrogen-bond acceptors (Lipinski definition) is 3. The maximum Gasteiger partial charge on any atom is 0.307 e. The van der Waals surface area contributed by atoms with E-state index in [4.69, 9.17) is 4.74 Å². The maximum absolute atomic E-state index is 12.6. The Hall–Kier alpha value is -1.10. The molecule has 1 amide bonds. The minimum atomic E-state index is -0.828. The zero-order valence-corrected chi connectivity index (χ0v) is 12.4. The molecule has 0 bridgehead atoms. The topological polar surface area (TPSA) is 66.8 Å². The van der Waals surface area contributed by atoms with E-state index in [1.807, 2.05) is 18.7 Å². The van der Waals surface area contributed by atoms with Crippen molar-refractivity contribution in [2.45, 2.75) is 45.6 Å². The molecule has 1 saturated heterocycles. The van der Waals surface area contributed by atoms with Crippen molar-refractivity contribution in [3.8, 4) is 0 Å². The van der Waals surface area contributed by atoms with Gasteiger partial charge >= 0.3 is 5.97 Å². The first-order valence-electron chi connectivity index (χ1n) is 7.66. The Morgan fingerprint density at radius 2 is 2.00 bits per heavy atom. The highest BCUT2D eigenvalue weighted by Crippen LogP contribution is 2.38. The molecule has 0 aromatic heterocycles. The first-order valence-corrected chi connectivity index (χ1v) is 7.66. The van der Waals surface area contributed by atoms with Gasteiger partial charge < -0.3 is 14.7 Å². The van der Waals surface area contributed by atoms with Gasteiger partial charge in [0.05, 0.1) is 17.9 Å². The molecule has 20 heavy (non-hydrogen) atoms. The Kier molecular flexibility index (Phi) is 5.02. The third-order valence-electron chi connectivity index (χ3n) is 4.52. The molecule has 2 fully saturated rings. The third kappa shape index (κ3) is 3.32. The van der Waals surface area contributed by atoms with Crippen molar-refractivity contribution >= 4 is 11.9 Å². The molecule has 1 heterocycles. The van der Waals surface area contributed by atoms with E-state index in [1.54, 1.807) is 0 Å². The molecule has 2 rings (SSSR count). The Morgan fingerprint density at radius 3 is 2.65 bits per heavy atom. The fraction of sp³-hybridized carbons (Fsp3) is 0.867. The normalized spacial score (nSPS) is 34.2. The van der Waals surface area contributed by atoms with E-state index in [2.05, 4.69) is 0 Å². The van der Waals surface area contributed by atoms with Gasteiger partial charge in [-0.25, -0.2) is 0 Å². The highest BCUT2D eigenvalue weighted by Gasteiger charge is 2.43. The quantitative estimate of drug-likeness (QED) is 0.853. The van der Waals surface area contributed by atoms with Crippen LogP contribution in [-0.2, 0) is 14.3 Å². The lowest BCUT2D eigenvalue weighted by Crippen LogP contribution is -2.47. The average Bonchev–Trinajstić information content (AvgIpc) is 2.81. The molecule has 2 unspecified atom stereocenters. The summed E-state index contributed by atoms with van der Waals surface area (Å²) in [7, 11) is 0. The lowest BCUT2D eigenvalue weighted by atomic mass is 9.93. The summed E-state index contributed by atoms with van der Waals surface area (Å²) in [5.41, 5.74) is 0. The van der Waals surface area contributed by atoms with Crippen LogP contribution in [0.1, 0.15) is 39.5 Å². The number of ether oxygens (including phenoxy) is 1. The number of nitrogens with zero attached hydrogens (tertiary/aromatic N) is 1. The number of amides is 1. The number of piperidine rings is 1. The molecule has 1 saturated carbocycles. The molecule has 0 radical (unpaired) electrons. The van der Waals surface area contributed by atoms with Crippen molar-refractivity contribution in [1.29, 1.82) is 0 Å². The predicted molar refractivity (Wildman–Crippen MR) is 74.2 cm³/mol. The van der Waals surface area contributed by atoms with Crippen molar-refractivity contribution in [2.75, 3.05) is 19.7 Å². The van der Waals surface area contributed by atoms with Gasteiger partial charge in [0.25, 0.3) is 0 Å². The van der Waals surface area contributed by atoms with Gasteiger partial charge in [0.15, 0.2) is 0 Å². The van der Waals surface area contributed by atoms with Gasteiger partial charge in [-0.15, -0.1) is 0 Å². The Labute approximate surface area is 120 Å². The lowest BCUT2D eigenvalue weighted by Gasteiger charge is -2.34. The molecule has 4 atom stereocenters. The fourth-order valence-electron chi connectivity index (χ4n) is 3.58. The molecule has 1 N–H and O–H groups in total. The second-order valence-corrected chi connectivity index (χ2v) is 6.13. The summed E-state index contributed by atoms with van der Waals surface area (Å²) in [5.74, 6) is -1.34. The third-order valence-corrected chi connectivity index (χ3v) is 4.52. The van der Waals surface area contributed by atoms with Crippen LogP contribution in [0.25, 0.3) is 0 Å². The SMILES string of the molecule is CCOC1CCCN(C(=O)[C@H]2CC(C)C[C@H]2C(=O)O)C1. The van der Waals surface area contributed by atoms with E-state index < -0.39 is 11.9 Å². The fourth-order valence-corrected chi connectivity index (χ4v) is 3.58. The van der Waals surface area contributed by atoms with Crippen LogP contribution in [0.4, 0.5) is 0 Å². The Bertz CT molecular complexity index is 369. The number of aliphatic carboxylic acids is 1. The van der Waals surface area contributed by atoms with Gasteiger partial charge in [0.2, 0.25) is 5.91 Å². The summed E-state index contributed by atoms with van der Waals surface area (Å²) < 4.78 is 5.61. The van der Waals surface area contributed by atoms with E-state index in [-0.39, 0.29) is 17.9 Å². The zero-order chi connectivity index (χ0) is 14.7. The van der Waals surface area contributed by atoms with E-state index in [0.717, 1.165) is 19.4 Å². The number of carbonyl (C=O) groups is 2. The summed E-state index contributed by atoms with van der Waals surface area (Å²) in [4.78, 5) is 25.8. The summed E-state index contributed by atoms with van der Waals surface area (Å²) in [5, 5.41) is 9.29. The number of likely N-dealkylation sites (tertiary alicyclic amines) is 1. The summed E-state index contributed by atoms with van der Waals surface area (Å²) in [6.07, 6.45) is 3.36. The van der Waals surface area contributed by atoms with Gasteiger partial charge in [0.1, 0.15) is 0 Å². The summed E-state index contributed by atoms with van der Waals surface area (Å²) in [6.45, 7) is 6.00. The first kappa shape index (κ1) is 15.3. The minimum absolute atomic E-state index is 0.0196. The van der Waals surface area contributed by atoms with Gasteiger partial charge in [-0.1, -0.05) is 6.92 Å². The lowest BCUT2D eigenvalue weighted by molar-refractivity contribution is -0.150. The molecule has 0 spiro atoms.